The van der Waals surface area contributed by atoms with Gasteiger partial charge in [-0.2, -0.15) is 0 Å². The molecule has 2 aromatic carbocycles. The van der Waals surface area contributed by atoms with Gasteiger partial charge in [0.2, 0.25) is 11.8 Å². The average molecular weight is 374 g/mol. The molecular formula is C20H20F2N2O3. The fourth-order valence-electron chi connectivity index (χ4n) is 3.11. The molecule has 1 N–H and O–H groups in total. The zero-order valence-electron chi connectivity index (χ0n) is 15.0. The Hall–Kier alpha value is -2.96. The minimum Gasteiger partial charge on any atom is -0.497 e. The smallest absolute Gasteiger partial charge is 0.227 e. The van der Waals surface area contributed by atoms with Crippen molar-refractivity contribution in [2.24, 2.45) is 5.92 Å². The number of hydrogen-bond acceptors (Lipinski definition) is 3. The maximum atomic E-state index is 13.4. The van der Waals surface area contributed by atoms with Crippen LogP contribution in [0, 0.1) is 17.6 Å². The molecule has 0 aliphatic carbocycles. The highest BCUT2D eigenvalue weighted by atomic mass is 19.2. The van der Waals surface area contributed by atoms with Crippen LogP contribution in [-0.2, 0) is 9.59 Å². The van der Waals surface area contributed by atoms with Crippen molar-refractivity contribution in [1.82, 2.24) is 5.32 Å². The van der Waals surface area contributed by atoms with E-state index in [1.54, 1.807) is 43.2 Å². The van der Waals surface area contributed by atoms with Gasteiger partial charge < -0.3 is 15.0 Å². The van der Waals surface area contributed by atoms with Gasteiger partial charge >= 0.3 is 0 Å². The van der Waals surface area contributed by atoms with E-state index in [9.17, 15) is 18.4 Å². The fourth-order valence-corrected chi connectivity index (χ4v) is 3.11. The van der Waals surface area contributed by atoms with Crippen LogP contribution in [0.15, 0.2) is 42.5 Å². The first kappa shape index (κ1) is 18.8. The molecule has 3 rings (SSSR count). The Morgan fingerprint density at radius 2 is 2.00 bits per heavy atom. The maximum Gasteiger partial charge on any atom is 0.227 e. The third-order valence-corrected chi connectivity index (χ3v) is 4.66. The van der Waals surface area contributed by atoms with Crippen molar-refractivity contribution in [2.45, 2.75) is 19.4 Å². The van der Waals surface area contributed by atoms with Gasteiger partial charge in [-0.3, -0.25) is 9.59 Å². The summed E-state index contributed by atoms with van der Waals surface area (Å²) in [5.74, 6) is -2.24. The van der Waals surface area contributed by atoms with Gasteiger partial charge in [0.15, 0.2) is 11.6 Å². The van der Waals surface area contributed by atoms with Crippen molar-refractivity contribution < 1.29 is 23.1 Å². The quantitative estimate of drug-likeness (QED) is 0.874. The summed E-state index contributed by atoms with van der Waals surface area (Å²) in [7, 11) is 1.54. The lowest BCUT2D eigenvalue weighted by Crippen LogP contribution is -2.34. The highest BCUT2D eigenvalue weighted by Crippen LogP contribution is 2.28. The van der Waals surface area contributed by atoms with Crippen LogP contribution in [0.3, 0.4) is 0 Å². The Bertz CT molecular complexity index is 872. The molecule has 1 aliphatic rings. The number of methoxy groups -OCH3 is 1. The second-order valence-electron chi connectivity index (χ2n) is 6.51. The second-order valence-corrected chi connectivity index (χ2v) is 6.51. The molecule has 2 amide bonds. The molecule has 0 aromatic heterocycles. The van der Waals surface area contributed by atoms with Gasteiger partial charge in [0.05, 0.1) is 19.1 Å². The summed E-state index contributed by atoms with van der Waals surface area (Å²) >= 11 is 0. The molecule has 1 fully saturated rings. The molecular weight excluding hydrogens is 354 g/mol. The third-order valence-electron chi connectivity index (χ3n) is 4.66. The van der Waals surface area contributed by atoms with E-state index in [4.69, 9.17) is 4.74 Å². The number of rotatable bonds is 5. The molecule has 5 nitrogen and oxygen atoms in total. The van der Waals surface area contributed by atoms with Gasteiger partial charge in [-0.25, -0.2) is 8.78 Å². The molecule has 0 saturated carbocycles. The van der Waals surface area contributed by atoms with E-state index in [1.165, 1.54) is 6.07 Å². The van der Waals surface area contributed by atoms with E-state index in [0.29, 0.717) is 17.0 Å². The van der Waals surface area contributed by atoms with Gasteiger partial charge in [-0.1, -0.05) is 12.1 Å². The molecule has 1 saturated heterocycles. The number of halogens is 2. The third kappa shape index (κ3) is 4.07. The number of ether oxygens (including phenoxy) is 1. The summed E-state index contributed by atoms with van der Waals surface area (Å²) in [4.78, 5) is 26.4. The fraction of sp³-hybridized carbons (Fsp3) is 0.300. The molecule has 2 aromatic rings. The molecule has 2 unspecified atom stereocenters. The molecule has 2 atom stereocenters. The number of carbonyl (C=O) groups excluding carboxylic acids is 2. The lowest BCUT2D eigenvalue weighted by atomic mass is 10.0. The number of hydrogen-bond donors (Lipinski definition) is 1. The summed E-state index contributed by atoms with van der Waals surface area (Å²) in [6.45, 7) is 1.93. The Labute approximate surface area is 155 Å². The van der Waals surface area contributed by atoms with Crippen molar-refractivity contribution in [2.75, 3.05) is 18.6 Å². The van der Waals surface area contributed by atoms with Crippen LogP contribution in [0.4, 0.5) is 14.5 Å². The highest BCUT2D eigenvalue weighted by molar-refractivity contribution is 6.00. The molecule has 1 aliphatic heterocycles. The van der Waals surface area contributed by atoms with Crippen LogP contribution in [0.5, 0.6) is 5.75 Å². The van der Waals surface area contributed by atoms with E-state index >= 15 is 0 Å². The second kappa shape index (κ2) is 7.73. The number of benzene rings is 2. The Morgan fingerprint density at radius 1 is 1.22 bits per heavy atom. The van der Waals surface area contributed by atoms with Crippen LogP contribution >= 0.6 is 0 Å². The molecule has 0 radical (unpaired) electrons. The predicted octanol–water partition coefficient (Wildman–Crippen LogP) is 3.20. The first-order chi connectivity index (χ1) is 12.9. The lowest BCUT2D eigenvalue weighted by Gasteiger charge is -2.19. The number of carbonyl (C=O) groups is 2. The van der Waals surface area contributed by atoms with Gasteiger partial charge in [0.25, 0.3) is 0 Å². The number of nitrogens with one attached hydrogen (secondary N) is 1. The molecule has 142 valence electrons. The number of amides is 2. The van der Waals surface area contributed by atoms with Crippen molar-refractivity contribution in [3.8, 4) is 5.75 Å². The van der Waals surface area contributed by atoms with E-state index in [2.05, 4.69) is 5.32 Å². The van der Waals surface area contributed by atoms with E-state index in [1.807, 2.05) is 0 Å². The highest BCUT2D eigenvalue weighted by Gasteiger charge is 2.35. The van der Waals surface area contributed by atoms with Crippen LogP contribution in [0.2, 0.25) is 0 Å². The molecule has 0 spiro atoms. The predicted molar refractivity (Wildman–Crippen MR) is 96.4 cm³/mol. The SMILES string of the molecule is COc1cccc(N2CC(C(=O)NC(C)c3ccc(F)c(F)c3)CC2=O)c1. The average Bonchev–Trinajstić information content (AvgIpc) is 3.05. The molecule has 1 heterocycles. The minimum atomic E-state index is -0.964. The molecule has 7 heteroatoms. The summed E-state index contributed by atoms with van der Waals surface area (Å²) in [6.07, 6.45) is 0.0908. The summed E-state index contributed by atoms with van der Waals surface area (Å²) in [5, 5.41) is 2.77. The van der Waals surface area contributed by atoms with Crippen LogP contribution in [0.25, 0.3) is 0 Å². The normalized spacial score (nSPS) is 17.7. The van der Waals surface area contributed by atoms with Gasteiger partial charge in [0, 0.05) is 24.7 Å². The molecule has 0 bridgehead atoms. The lowest BCUT2D eigenvalue weighted by molar-refractivity contribution is -0.126. The van der Waals surface area contributed by atoms with Gasteiger partial charge in [-0.05, 0) is 36.8 Å². The summed E-state index contributed by atoms with van der Waals surface area (Å²) in [6, 6.07) is 10.1. The molecule has 27 heavy (non-hydrogen) atoms. The zero-order valence-corrected chi connectivity index (χ0v) is 15.0. The van der Waals surface area contributed by atoms with Crippen LogP contribution < -0.4 is 15.0 Å². The summed E-state index contributed by atoms with van der Waals surface area (Å²) < 4.78 is 31.6. The van der Waals surface area contributed by atoms with Crippen molar-refractivity contribution >= 4 is 17.5 Å². The number of nitrogens with zero attached hydrogens (tertiary/aromatic N) is 1. The van der Waals surface area contributed by atoms with Crippen molar-refractivity contribution in [3.63, 3.8) is 0 Å². The van der Waals surface area contributed by atoms with Crippen molar-refractivity contribution in [3.05, 3.63) is 59.7 Å². The van der Waals surface area contributed by atoms with E-state index in [0.717, 1.165) is 12.1 Å². The first-order valence-electron chi connectivity index (χ1n) is 8.58. The zero-order chi connectivity index (χ0) is 19.6. The minimum absolute atomic E-state index is 0.0908. The van der Waals surface area contributed by atoms with Crippen molar-refractivity contribution in [1.29, 1.82) is 0 Å². The van der Waals surface area contributed by atoms with Crippen LogP contribution in [-0.4, -0.2) is 25.5 Å². The van der Waals surface area contributed by atoms with E-state index < -0.39 is 23.6 Å². The van der Waals surface area contributed by atoms with E-state index in [-0.39, 0.29) is 24.8 Å². The van der Waals surface area contributed by atoms with Gasteiger partial charge in [0.1, 0.15) is 5.75 Å². The maximum absolute atomic E-state index is 13.4. The first-order valence-corrected chi connectivity index (χ1v) is 8.58. The largest absolute Gasteiger partial charge is 0.497 e. The monoisotopic (exact) mass is 374 g/mol. The van der Waals surface area contributed by atoms with Gasteiger partial charge in [-0.15, -0.1) is 0 Å². The Balaban J connectivity index is 1.67. The standard InChI is InChI=1S/C20H20F2N2O3/c1-12(13-6-7-17(21)18(22)8-13)23-20(26)14-9-19(25)24(11-14)15-4-3-5-16(10-15)27-2/h3-8,10,12,14H,9,11H2,1-2H3,(H,23,26). The Kier molecular flexibility index (Phi) is 5.39. The van der Waals surface area contributed by atoms with Crippen LogP contribution in [0.1, 0.15) is 24.9 Å². The topological polar surface area (TPSA) is 58.6 Å². The summed E-state index contributed by atoms with van der Waals surface area (Å²) in [5.41, 5.74) is 1.12. The number of anilines is 1. The Morgan fingerprint density at radius 3 is 2.70 bits per heavy atom.